The summed E-state index contributed by atoms with van der Waals surface area (Å²) in [6.07, 6.45) is 2.98. The molecule has 0 atom stereocenters. The van der Waals surface area contributed by atoms with E-state index in [0.29, 0.717) is 18.2 Å². The van der Waals surface area contributed by atoms with E-state index in [1.807, 2.05) is 48.7 Å². The van der Waals surface area contributed by atoms with Crippen LogP contribution in [0.3, 0.4) is 0 Å². The Morgan fingerprint density at radius 2 is 2.15 bits per heavy atom. The van der Waals surface area contributed by atoms with Crippen LogP contribution >= 0.6 is 0 Å². The SMILES string of the molecule is CC(C)c1nn(CC(=O)NC2CC(C)(O)C2)c(=O)c2cc3ccccn3c12. The Balaban J connectivity index is 1.71. The van der Waals surface area contributed by atoms with Crippen molar-refractivity contribution in [2.75, 3.05) is 0 Å². The number of nitrogens with one attached hydrogen (secondary N) is 1. The van der Waals surface area contributed by atoms with Gasteiger partial charge in [-0.2, -0.15) is 5.10 Å². The van der Waals surface area contributed by atoms with Gasteiger partial charge in [-0.25, -0.2) is 4.68 Å². The van der Waals surface area contributed by atoms with Crippen molar-refractivity contribution in [3.05, 3.63) is 46.5 Å². The number of aromatic nitrogens is 3. The van der Waals surface area contributed by atoms with Crippen LogP contribution in [-0.4, -0.2) is 36.8 Å². The van der Waals surface area contributed by atoms with Gasteiger partial charge in [0.25, 0.3) is 5.56 Å². The van der Waals surface area contributed by atoms with E-state index in [2.05, 4.69) is 10.4 Å². The molecule has 3 aromatic heterocycles. The van der Waals surface area contributed by atoms with E-state index in [0.717, 1.165) is 16.7 Å². The van der Waals surface area contributed by atoms with Gasteiger partial charge in [-0.05, 0) is 43.9 Å². The maximum Gasteiger partial charge on any atom is 0.276 e. The van der Waals surface area contributed by atoms with Crippen molar-refractivity contribution in [1.82, 2.24) is 19.5 Å². The quantitative estimate of drug-likeness (QED) is 0.735. The maximum absolute atomic E-state index is 12.9. The summed E-state index contributed by atoms with van der Waals surface area (Å²) in [7, 11) is 0. The molecule has 0 aliphatic heterocycles. The fraction of sp³-hybridized carbons (Fsp3) is 0.450. The summed E-state index contributed by atoms with van der Waals surface area (Å²) in [5, 5.41) is 17.7. The Hall–Kier alpha value is -2.67. The van der Waals surface area contributed by atoms with Crippen LogP contribution in [0.5, 0.6) is 0 Å². The highest BCUT2D eigenvalue weighted by Gasteiger charge is 2.39. The van der Waals surface area contributed by atoms with Gasteiger partial charge in [0.2, 0.25) is 5.91 Å². The largest absolute Gasteiger partial charge is 0.390 e. The van der Waals surface area contributed by atoms with Crippen LogP contribution in [0.2, 0.25) is 0 Å². The molecule has 1 fully saturated rings. The first-order valence-corrected chi connectivity index (χ1v) is 9.28. The van der Waals surface area contributed by atoms with Crippen molar-refractivity contribution in [1.29, 1.82) is 0 Å². The Morgan fingerprint density at radius 1 is 1.41 bits per heavy atom. The van der Waals surface area contributed by atoms with Crippen LogP contribution < -0.4 is 10.9 Å². The monoisotopic (exact) mass is 368 g/mol. The molecule has 7 heteroatoms. The van der Waals surface area contributed by atoms with Gasteiger partial charge in [-0.15, -0.1) is 0 Å². The lowest BCUT2D eigenvalue weighted by Crippen LogP contribution is -2.54. The number of amides is 1. The van der Waals surface area contributed by atoms with Crippen molar-refractivity contribution in [2.24, 2.45) is 0 Å². The second-order valence-electron chi connectivity index (χ2n) is 8.07. The molecule has 0 saturated heterocycles. The van der Waals surface area contributed by atoms with Crippen LogP contribution in [0.4, 0.5) is 0 Å². The van der Waals surface area contributed by atoms with E-state index in [1.165, 1.54) is 4.68 Å². The molecule has 1 aliphatic rings. The molecule has 7 nitrogen and oxygen atoms in total. The summed E-state index contributed by atoms with van der Waals surface area (Å²) >= 11 is 0. The number of pyridine rings is 1. The Morgan fingerprint density at radius 3 is 2.81 bits per heavy atom. The highest BCUT2D eigenvalue weighted by Crippen LogP contribution is 2.31. The summed E-state index contributed by atoms with van der Waals surface area (Å²) in [4.78, 5) is 25.3. The van der Waals surface area contributed by atoms with E-state index >= 15 is 0 Å². The summed E-state index contributed by atoms with van der Waals surface area (Å²) in [5.41, 5.74) is 1.54. The predicted octanol–water partition coefficient (Wildman–Crippen LogP) is 1.80. The molecule has 1 saturated carbocycles. The van der Waals surface area contributed by atoms with Crippen molar-refractivity contribution in [3.63, 3.8) is 0 Å². The molecule has 1 aliphatic carbocycles. The second-order valence-corrected chi connectivity index (χ2v) is 8.07. The van der Waals surface area contributed by atoms with Gasteiger partial charge < -0.3 is 14.8 Å². The third kappa shape index (κ3) is 3.12. The van der Waals surface area contributed by atoms with Crippen LogP contribution in [-0.2, 0) is 11.3 Å². The first-order valence-electron chi connectivity index (χ1n) is 9.28. The maximum atomic E-state index is 12.9. The lowest BCUT2D eigenvalue weighted by Gasteiger charge is -2.41. The number of carbonyl (C=O) groups is 1. The minimum Gasteiger partial charge on any atom is -0.390 e. The molecule has 142 valence electrons. The zero-order valence-corrected chi connectivity index (χ0v) is 15.8. The zero-order valence-electron chi connectivity index (χ0n) is 15.8. The Kier molecular flexibility index (Phi) is 4.07. The van der Waals surface area contributed by atoms with Gasteiger partial charge in [0.1, 0.15) is 6.54 Å². The normalized spacial score (nSPS) is 22.3. The van der Waals surface area contributed by atoms with Crippen LogP contribution in [0.25, 0.3) is 16.4 Å². The van der Waals surface area contributed by atoms with Gasteiger partial charge in [0, 0.05) is 17.8 Å². The molecule has 0 unspecified atom stereocenters. The van der Waals surface area contributed by atoms with Crippen molar-refractivity contribution in [3.8, 4) is 0 Å². The summed E-state index contributed by atoms with van der Waals surface area (Å²) in [6, 6.07) is 7.60. The van der Waals surface area contributed by atoms with Crippen molar-refractivity contribution < 1.29 is 9.90 Å². The minimum absolute atomic E-state index is 0.0476. The highest BCUT2D eigenvalue weighted by molar-refractivity contribution is 5.88. The number of nitrogens with zero attached hydrogens (tertiary/aromatic N) is 3. The average molecular weight is 368 g/mol. The van der Waals surface area contributed by atoms with Gasteiger partial charge in [-0.1, -0.05) is 19.9 Å². The number of fused-ring (bicyclic) bond motifs is 3. The Bertz CT molecular complexity index is 1090. The molecule has 3 heterocycles. The summed E-state index contributed by atoms with van der Waals surface area (Å²) < 4.78 is 3.23. The average Bonchev–Trinajstić information content (AvgIpc) is 2.95. The van der Waals surface area contributed by atoms with E-state index in [-0.39, 0.29) is 30.0 Å². The molecule has 27 heavy (non-hydrogen) atoms. The zero-order chi connectivity index (χ0) is 19.3. The fourth-order valence-electron chi connectivity index (χ4n) is 3.92. The van der Waals surface area contributed by atoms with Crippen molar-refractivity contribution >= 4 is 22.3 Å². The Labute approximate surface area is 156 Å². The lowest BCUT2D eigenvalue weighted by molar-refractivity contribution is -0.125. The summed E-state index contributed by atoms with van der Waals surface area (Å²) in [5.74, 6) is -0.162. The number of hydrogen-bond donors (Lipinski definition) is 2. The van der Waals surface area contributed by atoms with Gasteiger partial charge in [-0.3, -0.25) is 9.59 Å². The minimum atomic E-state index is -0.705. The molecule has 0 spiro atoms. The molecular formula is C20H24N4O3. The molecule has 3 aromatic rings. The molecular weight excluding hydrogens is 344 g/mol. The summed E-state index contributed by atoms with van der Waals surface area (Å²) in [6.45, 7) is 5.67. The van der Waals surface area contributed by atoms with E-state index < -0.39 is 5.60 Å². The molecule has 1 amide bonds. The first-order chi connectivity index (χ1) is 12.7. The van der Waals surface area contributed by atoms with Gasteiger partial charge in [0.05, 0.1) is 22.2 Å². The van der Waals surface area contributed by atoms with Crippen molar-refractivity contribution in [2.45, 2.75) is 57.7 Å². The van der Waals surface area contributed by atoms with Gasteiger partial charge >= 0.3 is 0 Å². The van der Waals surface area contributed by atoms with E-state index in [4.69, 9.17) is 0 Å². The fourth-order valence-corrected chi connectivity index (χ4v) is 3.92. The van der Waals surface area contributed by atoms with Crippen LogP contribution in [0, 0.1) is 0 Å². The molecule has 4 rings (SSSR count). The molecule has 0 radical (unpaired) electrons. The van der Waals surface area contributed by atoms with E-state index in [1.54, 1.807) is 6.92 Å². The predicted molar refractivity (Wildman–Crippen MR) is 103 cm³/mol. The standard InChI is InChI=1S/C20H24N4O3/c1-12(2)17-18-15(8-14-6-4-5-7-23(14)18)19(26)24(22-17)11-16(25)21-13-9-20(3,27)10-13/h4-8,12-13,27H,9-11H2,1-3H3,(H,21,25). The number of rotatable bonds is 4. The van der Waals surface area contributed by atoms with E-state index in [9.17, 15) is 14.7 Å². The third-order valence-corrected chi connectivity index (χ3v) is 5.19. The highest BCUT2D eigenvalue weighted by atomic mass is 16.3. The van der Waals surface area contributed by atoms with Crippen LogP contribution in [0.15, 0.2) is 35.3 Å². The van der Waals surface area contributed by atoms with Gasteiger partial charge in [0.15, 0.2) is 0 Å². The van der Waals surface area contributed by atoms with Crippen LogP contribution in [0.1, 0.15) is 45.2 Å². The number of carbonyl (C=O) groups excluding carboxylic acids is 1. The molecule has 0 aromatic carbocycles. The topological polar surface area (TPSA) is 88.6 Å². The second kappa shape index (κ2) is 6.20. The smallest absolute Gasteiger partial charge is 0.276 e. The number of aliphatic hydroxyl groups is 1. The number of hydrogen-bond acceptors (Lipinski definition) is 4. The lowest BCUT2D eigenvalue weighted by atomic mass is 9.77. The molecule has 2 N–H and O–H groups in total. The first kappa shape index (κ1) is 17.7. The third-order valence-electron chi connectivity index (χ3n) is 5.19. The molecule has 0 bridgehead atoms.